The summed E-state index contributed by atoms with van der Waals surface area (Å²) in [4.78, 5) is 0. The fraction of sp³-hybridized carbons (Fsp3) is 0.824. The molecule has 1 N–H and O–H groups in total. The Bertz CT molecular complexity index is 465. The van der Waals surface area contributed by atoms with Gasteiger partial charge < -0.3 is 5.32 Å². The molecule has 1 heterocycles. The molecule has 1 saturated carbocycles. The van der Waals surface area contributed by atoms with E-state index in [1.165, 1.54) is 24.1 Å². The van der Waals surface area contributed by atoms with E-state index in [2.05, 4.69) is 64.7 Å². The average Bonchev–Trinajstić information content (AvgIpc) is 2.70. The highest BCUT2D eigenvalue weighted by atomic mass is 15.3. The molecule has 0 spiro atoms. The fourth-order valence-electron chi connectivity index (χ4n) is 3.28. The Morgan fingerprint density at radius 1 is 1.40 bits per heavy atom. The van der Waals surface area contributed by atoms with Crippen molar-refractivity contribution >= 4 is 0 Å². The van der Waals surface area contributed by atoms with Crippen LogP contribution in [0.1, 0.15) is 71.6 Å². The summed E-state index contributed by atoms with van der Waals surface area (Å²) >= 11 is 0. The summed E-state index contributed by atoms with van der Waals surface area (Å²) in [5.74, 6) is 0.632. The smallest absolute Gasteiger partial charge is 0.0628 e. The zero-order valence-electron chi connectivity index (χ0n) is 14.2. The van der Waals surface area contributed by atoms with E-state index in [0.717, 1.165) is 6.54 Å². The summed E-state index contributed by atoms with van der Waals surface area (Å²) < 4.78 is 2.13. The maximum absolute atomic E-state index is 4.73. The van der Waals surface area contributed by atoms with Gasteiger partial charge in [0.2, 0.25) is 0 Å². The predicted octanol–water partition coefficient (Wildman–Crippen LogP) is 3.83. The summed E-state index contributed by atoms with van der Waals surface area (Å²) in [6.07, 6.45) is 4.72. The summed E-state index contributed by atoms with van der Waals surface area (Å²) in [5, 5.41) is 8.42. The zero-order chi connectivity index (χ0) is 15.1. The fourth-order valence-corrected chi connectivity index (χ4v) is 3.28. The largest absolute Gasteiger partial charge is 0.313 e. The van der Waals surface area contributed by atoms with Crippen LogP contribution < -0.4 is 5.32 Å². The van der Waals surface area contributed by atoms with Crippen molar-refractivity contribution in [3.8, 4) is 0 Å². The first kappa shape index (κ1) is 15.6. The van der Waals surface area contributed by atoms with Crippen LogP contribution in [0.5, 0.6) is 0 Å². The van der Waals surface area contributed by atoms with Gasteiger partial charge in [-0.2, -0.15) is 5.10 Å². The van der Waals surface area contributed by atoms with E-state index in [1.54, 1.807) is 0 Å². The Morgan fingerprint density at radius 2 is 2.05 bits per heavy atom. The topological polar surface area (TPSA) is 29.9 Å². The molecule has 1 aliphatic rings. The van der Waals surface area contributed by atoms with Gasteiger partial charge in [-0.25, -0.2) is 0 Å². The minimum atomic E-state index is 0.0662. The molecule has 0 saturated heterocycles. The minimum absolute atomic E-state index is 0.0662. The van der Waals surface area contributed by atoms with Crippen LogP contribution in [-0.2, 0) is 5.54 Å². The highest BCUT2D eigenvalue weighted by Crippen LogP contribution is 2.53. The van der Waals surface area contributed by atoms with Crippen molar-refractivity contribution in [2.45, 2.75) is 78.8 Å². The predicted molar refractivity (Wildman–Crippen MR) is 85.2 cm³/mol. The lowest BCUT2D eigenvalue weighted by molar-refractivity contribution is 0.0690. The minimum Gasteiger partial charge on any atom is -0.313 e. The molecule has 2 unspecified atom stereocenters. The SMILES string of the molecule is CCCNC1CC(c2cn(C(C)(C)C)nc2C)C1(C)C. The zero-order valence-corrected chi connectivity index (χ0v) is 14.2. The molecule has 2 atom stereocenters. The monoisotopic (exact) mass is 277 g/mol. The highest BCUT2D eigenvalue weighted by molar-refractivity contribution is 5.29. The maximum atomic E-state index is 4.73. The highest BCUT2D eigenvalue weighted by Gasteiger charge is 2.49. The average molecular weight is 277 g/mol. The van der Waals surface area contributed by atoms with Crippen molar-refractivity contribution in [3.05, 3.63) is 17.5 Å². The molecule has 3 heteroatoms. The van der Waals surface area contributed by atoms with E-state index in [0.29, 0.717) is 17.4 Å². The van der Waals surface area contributed by atoms with Gasteiger partial charge in [-0.15, -0.1) is 0 Å². The van der Waals surface area contributed by atoms with Crippen LogP contribution >= 0.6 is 0 Å². The molecule has 114 valence electrons. The molecule has 1 aromatic heterocycles. The van der Waals surface area contributed by atoms with Crippen LogP contribution in [0.3, 0.4) is 0 Å². The number of nitrogens with one attached hydrogen (secondary N) is 1. The molecule has 0 bridgehead atoms. The molecular formula is C17H31N3. The van der Waals surface area contributed by atoms with Crippen LogP contribution in [0, 0.1) is 12.3 Å². The van der Waals surface area contributed by atoms with Gasteiger partial charge >= 0.3 is 0 Å². The summed E-state index contributed by atoms with van der Waals surface area (Å²) in [7, 11) is 0. The Kier molecular flexibility index (Phi) is 4.03. The molecule has 20 heavy (non-hydrogen) atoms. The van der Waals surface area contributed by atoms with E-state index >= 15 is 0 Å². The number of aromatic nitrogens is 2. The number of hydrogen-bond donors (Lipinski definition) is 1. The number of aryl methyl sites for hydroxylation is 1. The van der Waals surface area contributed by atoms with E-state index in [1.807, 2.05) is 0 Å². The first-order valence-corrected chi connectivity index (χ1v) is 7.98. The molecule has 1 fully saturated rings. The lowest BCUT2D eigenvalue weighted by Gasteiger charge is -2.52. The van der Waals surface area contributed by atoms with Crippen molar-refractivity contribution in [3.63, 3.8) is 0 Å². The Morgan fingerprint density at radius 3 is 2.50 bits per heavy atom. The second-order valence-electron chi connectivity index (χ2n) is 7.90. The molecule has 1 aliphatic carbocycles. The second-order valence-corrected chi connectivity index (χ2v) is 7.90. The van der Waals surface area contributed by atoms with Gasteiger partial charge in [0.15, 0.2) is 0 Å². The van der Waals surface area contributed by atoms with Crippen LogP contribution in [0.4, 0.5) is 0 Å². The first-order chi connectivity index (χ1) is 9.17. The molecule has 1 aromatic rings. The Hall–Kier alpha value is -0.830. The maximum Gasteiger partial charge on any atom is 0.0628 e. The summed E-state index contributed by atoms with van der Waals surface area (Å²) in [6.45, 7) is 16.9. The Balaban J connectivity index is 2.16. The number of rotatable bonds is 4. The van der Waals surface area contributed by atoms with Gasteiger partial charge in [-0.05, 0) is 64.0 Å². The van der Waals surface area contributed by atoms with Gasteiger partial charge in [0.05, 0.1) is 11.2 Å². The lowest BCUT2D eigenvalue weighted by atomic mass is 9.56. The molecule has 3 nitrogen and oxygen atoms in total. The second kappa shape index (κ2) is 5.18. The third kappa shape index (κ3) is 2.65. The van der Waals surface area contributed by atoms with Gasteiger partial charge in [0.25, 0.3) is 0 Å². The summed E-state index contributed by atoms with van der Waals surface area (Å²) in [5.41, 5.74) is 3.04. The van der Waals surface area contributed by atoms with E-state index in [9.17, 15) is 0 Å². The first-order valence-electron chi connectivity index (χ1n) is 7.98. The van der Waals surface area contributed by atoms with Gasteiger partial charge in [0, 0.05) is 12.2 Å². The van der Waals surface area contributed by atoms with E-state index in [-0.39, 0.29) is 5.54 Å². The third-order valence-corrected chi connectivity index (χ3v) is 4.91. The quantitative estimate of drug-likeness (QED) is 0.906. The van der Waals surface area contributed by atoms with Crippen LogP contribution in [0.25, 0.3) is 0 Å². The lowest BCUT2D eigenvalue weighted by Crippen LogP contribution is -2.55. The van der Waals surface area contributed by atoms with Crippen molar-refractivity contribution < 1.29 is 0 Å². The molecule has 0 aromatic carbocycles. The number of nitrogens with zero attached hydrogens (tertiary/aromatic N) is 2. The van der Waals surface area contributed by atoms with Crippen LogP contribution in [0.2, 0.25) is 0 Å². The number of hydrogen-bond acceptors (Lipinski definition) is 2. The third-order valence-electron chi connectivity index (χ3n) is 4.91. The molecule has 0 radical (unpaired) electrons. The molecule has 0 amide bonds. The van der Waals surface area contributed by atoms with E-state index in [4.69, 9.17) is 5.10 Å². The van der Waals surface area contributed by atoms with Crippen molar-refractivity contribution in [1.82, 2.24) is 15.1 Å². The standard InChI is InChI=1S/C17H31N3/c1-8-9-18-15-10-14(17(15,6)7)13-11-20(16(3,4)5)19-12(13)2/h11,14-15,18H,8-10H2,1-7H3. The summed E-state index contributed by atoms with van der Waals surface area (Å²) in [6, 6.07) is 0.643. The molecular weight excluding hydrogens is 246 g/mol. The van der Waals surface area contributed by atoms with Crippen molar-refractivity contribution in [2.24, 2.45) is 5.41 Å². The Labute approximate surface area is 124 Å². The molecule has 2 rings (SSSR count). The van der Waals surface area contributed by atoms with Gasteiger partial charge in [0.1, 0.15) is 0 Å². The van der Waals surface area contributed by atoms with Crippen LogP contribution in [0.15, 0.2) is 6.20 Å². The molecule has 0 aliphatic heterocycles. The van der Waals surface area contributed by atoms with Crippen LogP contribution in [-0.4, -0.2) is 22.4 Å². The van der Waals surface area contributed by atoms with Crippen molar-refractivity contribution in [2.75, 3.05) is 6.54 Å². The van der Waals surface area contributed by atoms with Crippen molar-refractivity contribution in [1.29, 1.82) is 0 Å². The normalized spacial score (nSPS) is 25.6. The van der Waals surface area contributed by atoms with E-state index < -0.39 is 0 Å². The van der Waals surface area contributed by atoms with Gasteiger partial charge in [-0.3, -0.25) is 4.68 Å². The van der Waals surface area contributed by atoms with Gasteiger partial charge in [-0.1, -0.05) is 20.8 Å².